The maximum absolute atomic E-state index is 12.8. The van der Waals surface area contributed by atoms with E-state index >= 15 is 0 Å². The lowest BCUT2D eigenvalue weighted by atomic mass is 9.96. The molecule has 0 spiro atoms. The average Bonchev–Trinajstić information content (AvgIpc) is 3.07. The molecule has 1 saturated carbocycles. The van der Waals surface area contributed by atoms with Crippen LogP contribution in [0.25, 0.3) is 0 Å². The zero-order valence-electron chi connectivity index (χ0n) is 16.0. The van der Waals surface area contributed by atoms with Crippen molar-refractivity contribution in [2.24, 2.45) is 5.92 Å². The topological polar surface area (TPSA) is 91.8 Å². The number of nitrogens with one attached hydrogen (secondary N) is 1. The van der Waals surface area contributed by atoms with Gasteiger partial charge < -0.3 is 24.3 Å². The van der Waals surface area contributed by atoms with Crippen molar-refractivity contribution in [1.82, 2.24) is 15.3 Å². The van der Waals surface area contributed by atoms with Crippen LogP contribution in [0.15, 0.2) is 0 Å². The highest BCUT2D eigenvalue weighted by Gasteiger charge is 2.51. The van der Waals surface area contributed by atoms with Crippen LogP contribution in [0.2, 0.25) is 0 Å². The van der Waals surface area contributed by atoms with E-state index < -0.39 is 6.29 Å². The predicted octanol–water partition coefficient (Wildman–Crippen LogP) is 1.46. The first-order valence-electron chi connectivity index (χ1n) is 9.73. The Morgan fingerprint density at radius 2 is 2.04 bits per heavy atom. The molecule has 3 fully saturated rings. The summed E-state index contributed by atoms with van der Waals surface area (Å²) in [5.41, 5.74) is 1.14. The average molecular weight is 377 g/mol. The molecule has 1 aromatic rings. The Labute approximate surface area is 158 Å². The lowest BCUT2D eigenvalue weighted by molar-refractivity contribution is -0.122. The van der Waals surface area contributed by atoms with E-state index in [1.807, 2.05) is 6.92 Å². The first-order chi connectivity index (χ1) is 13.1. The Balaban J connectivity index is 1.54. The van der Waals surface area contributed by atoms with E-state index in [4.69, 9.17) is 18.9 Å². The number of ether oxygens (including phenoxy) is 4. The Morgan fingerprint density at radius 1 is 1.26 bits per heavy atom. The van der Waals surface area contributed by atoms with Gasteiger partial charge in [0.1, 0.15) is 5.82 Å². The highest BCUT2D eigenvalue weighted by molar-refractivity contribution is 5.80. The van der Waals surface area contributed by atoms with Crippen molar-refractivity contribution in [2.75, 3.05) is 33.0 Å². The Hall–Kier alpha value is -1.77. The van der Waals surface area contributed by atoms with Crippen molar-refractivity contribution in [3.8, 4) is 5.88 Å². The molecule has 0 bridgehead atoms. The maximum atomic E-state index is 12.8. The molecule has 27 heavy (non-hydrogen) atoms. The smallest absolute Gasteiger partial charge is 0.226 e. The number of aromatic nitrogens is 2. The third kappa shape index (κ3) is 3.93. The summed E-state index contributed by atoms with van der Waals surface area (Å²) in [5.74, 6) is 1.37. The van der Waals surface area contributed by atoms with E-state index in [-0.39, 0.29) is 17.9 Å². The Morgan fingerprint density at radius 3 is 2.67 bits per heavy atom. The zero-order valence-corrected chi connectivity index (χ0v) is 16.0. The lowest BCUT2D eigenvalue weighted by Gasteiger charge is -2.24. The standard InChI is InChI=1S/C19H27N3O5/c1-3-25-17-16(18-26-8-9-27-18)14(20-12(2)21-17)10-15(23)22-19(5-6-19)13-4-7-24-11-13/h13,18H,3-11H2,1-2H3,(H,22,23). The highest BCUT2D eigenvalue weighted by atomic mass is 16.7. The quantitative estimate of drug-likeness (QED) is 0.769. The number of carbonyl (C=O) groups excluding carboxylic acids is 1. The summed E-state index contributed by atoms with van der Waals surface area (Å²) in [6, 6.07) is 0. The van der Waals surface area contributed by atoms with Crippen LogP contribution in [0.5, 0.6) is 5.88 Å². The SMILES string of the molecule is CCOc1nc(C)nc(CC(=O)NC2(C3CCOC3)CC2)c1C1OCCO1. The van der Waals surface area contributed by atoms with E-state index in [1.165, 1.54) is 0 Å². The fraction of sp³-hybridized carbons (Fsp3) is 0.737. The van der Waals surface area contributed by atoms with Gasteiger partial charge in [-0.25, -0.2) is 4.98 Å². The summed E-state index contributed by atoms with van der Waals surface area (Å²) < 4.78 is 22.5. The van der Waals surface area contributed by atoms with Gasteiger partial charge in [0.05, 0.1) is 44.1 Å². The normalized spacial score (nSPS) is 24.1. The van der Waals surface area contributed by atoms with Crippen molar-refractivity contribution in [2.45, 2.75) is 51.4 Å². The first kappa shape index (κ1) is 18.6. The second kappa shape index (κ2) is 7.69. The second-order valence-corrected chi connectivity index (χ2v) is 7.38. The highest BCUT2D eigenvalue weighted by Crippen LogP contribution is 2.45. The molecule has 4 rings (SSSR count). The molecule has 1 amide bonds. The van der Waals surface area contributed by atoms with Crippen molar-refractivity contribution < 1.29 is 23.7 Å². The van der Waals surface area contributed by atoms with E-state index in [2.05, 4.69) is 15.3 Å². The van der Waals surface area contributed by atoms with Gasteiger partial charge in [0.25, 0.3) is 0 Å². The first-order valence-corrected chi connectivity index (χ1v) is 9.73. The molecule has 0 radical (unpaired) electrons. The molecule has 3 heterocycles. The van der Waals surface area contributed by atoms with Crippen LogP contribution in [-0.4, -0.2) is 54.4 Å². The van der Waals surface area contributed by atoms with Crippen molar-refractivity contribution in [3.05, 3.63) is 17.1 Å². The van der Waals surface area contributed by atoms with Crippen molar-refractivity contribution in [1.29, 1.82) is 0 Å². The van der Waals surface area contributed by atoms with Gasteiger partial charge in [-0.1, -0.05) is 0 Å². The van der Waals surface area contributed by atoms with Crippen molar-refractivity contribution >= 4 is 5.91 Å². The number of nitrogens with zero attached hydrogens (tertiary/aromatic N) is 2. The summed E-state index contributed by atoms with van der Waals surface area (Å²) >= 11 is 0. The number of carbonyl (C=O) groups is 1. The number of rotatable bonds is 7. The fourth-order valence-corrected chi connectivity index (χ4v) is 3.97. The molecule has 1 unspecified atom stereocenters. The van der Waals surface area contributed by atoms with Gasteiger partial charge in [-0.3, -0.25) is 4.79 Å². The fourth-order valence-electron chi connectivity index (χ4n) is 3.97. The van der Waals surface area contributed by atoms with Gasteiger partial charge in [0.15, 0.2) is 6.29 Å². The summed E-state index contributed by atoms with van der Waals surface area (Å²) in [5, 5.41) is 3.24. The van der Waals surface area contributed by atoms with Crippen LogP contribution in [0.4, 0.5) is 0 Å². The summed E-state index contributed by atoms with van der Waals surface area (Å²) in [4.78, 5) is 21.7. The molecule has 8 nitrogen and oxygen atoms in total. The molecular weight excluding hydrogens is 350 g/mol. The lowest BCUT2D eigenvalue weighted by Crippen LogP contribution is -2.43. The van der Waals surface area contributed by atoms with Gasteiger partial charge in [0.2, 0.25) is 11.8 Å². The zero-order chi connectivity index (χ0) is 18.9. The molecule has 148 valence electrons. The summed E-state index contributed by atoms with van der Waals surface area (Å²) in [6.07, 6.45) is 2.60. The van der Waals surface area contributed by atoms with Crippen LogP contribution in [0.1, 0.15) is 49.6 Å². The molecule has 3 aliphatic rings. The number of aryl methyl sites for hydroxylation is 1. The summed E-state index contributed by atoms with van der Waals surface area (Å²) in [6.45, 7) is 6.67. The van der Waals surface area contributed by atoms with Crippen LogP contribution < -0.4 is 10.1 Å². The molecular formula is C19H27N3O5. The number of hydrogen-bond donors (Lipinski definition) is 1. The summed E-state index contributed by atoms with van der Waals surface area (Å²) in [7, 11) is 0. The minimum atomic E-state index is -0.590. The Bertz CT molecular complexity index is 695. The molecule has 2 saturated heterocycles. The van der Waals surface area contributed by atoms with Crippen LogP contribution in [0, 0.1) is 12.8 Å². The van der Waals surface area contributed by atoms with E-state index in [9.17, 15) is 4.79 Å². The third-order valence-corrected chi connectivity index (χ3v) is 5.46. The monoisotopic (exact) mass is 377 g/mol. The van der Waals surface area contributed by atoms with Gasteiger partial charge in [-0.2, -0.15) is 4.98 Å². The van der Waals surface area contributed by atoms with E-state index in [1.54, 1.807) is 6.92 Å². The van der Waals surface area contributed by atoms with Gasteiger partial charge in [-0.05, 0) is 33.1 Å². The predicted molar refractivity (Wildman–Crippen MR) is 95.3 cm³/mol. The van der Waals surface area contributed by atoms with Crippen molar-refractivity contribution in [3.63, 3.8) is 0 Å². The number of hydrogen-bond acceptors (Lipinski definition) is 7. The van der Waals surface area contributed by atoms with Crippen LogP contribution in [-0.2, 0) is 25.4 Å². The minimum Gasteiger partial charge on any atom is -0.478 e. The second-order valence-electron chi connectivity index (χ2n) is 7.38. The third-order valence-electron chi connectivity index (χ3n) is 5.46. The van der Waals surface area contributed by atoms with Gasteiger partial charge >= 0.3 is 0 Å². The van der Waals surface area contributed by atoms with Crippen LogP contribution >= 0.6 is 0 Å². The van der Waals surface area contributed by atoms with E-state index in [0.29, 0.717) is 48.7 Å². The molecule has 1 aliphatic carbocycles. The largest absolute Gasteiger partial charge is 0.478 e. The molecule has 1 N–H and O–H groups in total. The van der Waals surface area contributed by atoms with Crippen LogP contribution in [0.3, 0.4) is 0 Å². The molecule has 1 atom stereocenters. The Kier molecular flexibility index (Phi) is 5.29. The van der Waals surface area contributed by atoms with E-state index in [0.717, 1.165) is 32.5 Å². The van der Waals surface area contributed by atoms with Gasteiger partial charge in [-0.15, -0.1) is 0 Å². The van der Waals surface area contributed by atoms with Gasteiger partial charge in [0, 0.05) is 18.1 Å². The molecule has 1 aromatic heterocycles. The molecule has 0 aromatic carbocycles. The molecule has 2 aliphatic heterocycles. The number of amides is 1. The minimum absolute atomic E-state index is 0.0424. The molecule has 8 heteroatoms. The maximum Gasteiger partial charge on any atom is 0.226 e.